The van der Waals surface area contributed by atoms with Crippen molar-refractivity contribution < 1.29 is 0 Å². The van der Waals surface area contributed by atoms with Gasteiger partial charge in [0.05, 0.1) is 0 Å². The molecule has 2 nitrogen and oxygen atoms in total. The third-order valence-corrected chi connectivity index (χ3v) is 4.95. The van der Waals surface area contributed by atoms with E-state index in [1.165, 1.54) is 35.6 Å². The first-order chi connectivity index (χ1) is 9.74. The Morgan fingerprint density at radius 1 is 1.15 bits per heavy atom. The second-order valence-corrected chi connectivity index (χ2v) is 6.36. The zero-order chi connectivity index (χ0) is 13.9. The molecule has 0 aliphatic heterocycles. The molecule has 3 unspecified atom stereocenters. The fourth-order valence-corrected chi connectivity index (χ4v) is 3.33. The molecule has 1 aromatic heterocycles. The Bertz CT molecular complexity index is 573. The van der Waals surface area contributed by atoms with Gasteiger partial charge in [0.25, 0.3) is 0 Å². The smallest absolute Gasteiger partial charge is 0.0346 e. The number of rotatable bonds is 3. The van der Waals surface area contributed by atoms with Crippen molar-refractivity contribution in [1.82, 2.24) is 10.3 Å². The number of aromatic nitrogens is 1. The van der Waals surface area contributed by atoms with Gasteiger partial charge in [-0.2, -0.15) is 0 Å². The summed E-state index contributed by atoms with van der Waals surface area (Å²) in [5.41, 5.74) is 1.39. The molecule has 20 heavy (non-hydrogen) atoms. The molecule has 2 heteroatoms. The summed E-state index contributed by atoms with van der Waals surface area (Å²) in [6.45, 7) is 5.74. The zero-order valence-corrected chi connectivity index (χ0v) is 12.5. The molecule has 1 saturated carbocycles. The number of hydrogen-bond donors (Lipinski definition) is 1. The predicted molar refractivity (Wildman–Crippen MR) is 84.5 cm³/mol. The second kappa shape index (κ2) is 5.92. The number of benzene rings is 1. The van der Waals surface area contributed by atoms with E-state index in [4.69, 9.17) is 0 Å². The third kappa shape index (κ3) is 2.85. The number of fused-ring (bicyclic) bond motifs is 1. The largest absolute Gasteiger partial charge is 0.310 e. The first-order valence-electron chi connectivity index (χ1n) is 7.79. The number of nitrogens with one attached hydrogen (secondary N) is 1. The molecule has 0 spiro atoms. The molecule has 1 fully saturated rings. The quantitative estimate of drug-likeness (QED) is 0.904. The number of nitrogens with zero attached hydrogens (tertiary/aromatic N) is 1. The van der Waals surface area contributed by atoms with Crippen molar-refractivity contribution in [3.63, 3.8) is 0 Å². The first-order valence-corrected chi connectivity index (χ1v) is 7.79. The fraction of sp³-hybridized carbons (Fsp3) is 0.500. The summed E-state index contributed by atoms with van der Waals surface area (Å²) in [5, 5.41) is 6.32. The van der Waals surface area contributed by atoms with Crippen LogP contribution in [0.2, 0.25) is 0 Å². The van der Waals surface area contributed by atoms with Crippen LogP contribution in [0.25, 0.3) is 10.8 Å². The van der Waals surface area contributed by atoms with E-state index in [1.807, 2.05) is 12.4 Å². The van der Waals surface area contributed by atoms with Gasteiger partial charge in [-0.1, -0.05) is 32.0 Å². The summed E-state index contributed by atoms with van der Waals surface area (Å²) in [6.07, 6.45) is 7.82. The fourth-order valence-electron chi connectivity index (χ4n) is 3.33. The van der Waals surface area contributed by atoms with Crippen LogP contribution in [0, 0.1) is 11.8 Å². The van der Waals surface area contributed by atoms with Crippen molar-refractivity contribution in [3.8, 4) is 0 Å². The van der Waals surface area contributed by atoms with E-state index in [2.05, 4.69) is 48.4 Å². The first kappa shape index (κ1) is 13.6. The Labute approximate surface area is 121 Å². The lowest BCUT2D eigenvalue weighted by molar-refractivity contribution is 0.225. The Morgan fingerprint density at radius 2 is 2.05 bits per heavy atom. The minimum Gasteiger partial charge on any atom is -0.310 e. The van der Waals surface area contributed by atoms with Crippen LogP contribution in [0.5, 0.6) is 0 Å². The molecule has 0 bridgehead atoms. The highest BCUT2D eigenvalue weighted by Gasteiger charge is 2.23. The third-order valence-electron chi connectivity index (χ3n) is 4.95. The Hall–Kier alpha value is -1.41. The van der Waals surface area contributed by atoms with Gasteiger partial charge < -0.3 is 5.32 Å². The maximum atomic E-state index is 4.20. The summed E-state index contributed by atoms with van der Waals surface area (Å²) in [6, 6.07) is 9.29. The highest BCUT2D eigenvalue weighted by atomic mass is 14.9. The van der Waals surface area contributed by atoms with Crippen LogP contribution in [0.1, 0.15) is 38.7 Å². The van der Waals surface area contributed by atoms with E-state index < -0.39 is 0 Å². The maximum absolute atomic E-state index is 4.20. The lowest BCUT2D eigenvalue weighted by Crippen LogP contribution is -2.35. The highest BCUT2D eigenvalue weighted by molar-refractivity contribution is 5.84. The van der Waals surface area contributed by atoms with Crippen molar-refractivity contribution in [2.24, 2.45) is 11.8 Å². The average molecular weight is 268 g/mol. The van der Waals surface area contributed by atoms with Crippen molar-refractivity contribution >= 4 is 10.8 Å². The van der Waals surface area contributed by atoms with Gasteiger partial charge in [0.1, 0.15) is 0 Å². The molecule has 1 aromatic carbocycles. The molecular formula is C18H24N2. The number of pyridine rings is 1. The molecule has 0 saturated heterocycles. The SMILES string of the molecule is CC1CCC(NCc2cccc3cnccc23)CC1C. The van der Waals surface area contributed by atoms with E-state index in [0.29, 0.717) is 6.04 Å². The summed E-state index contributed by atoms with van der Waals surface area (Å²) < 4.78 is 0. The molecule has 3 rings (SSSR count). The molecule has 106 valence electrons. The van der Waals surface area contributed by atoms with Crippen molar-refractivity contribution in [2.75, 3.05) is 0 Å². The summed E-state index contributed by atoms with van der Waals surface area (Å²) in [7, 11) is 0. The molecule has 1 aliphatic carbocycles. The lowest BCUT2D eigenvalue weighted by atomic mass is 9.79. The van der Waals surface area contributed by atoms with Gasteiger partial charge in [0, 0.05) is 30.4 Å². The maximum Gasteiger partial charge on any atom is 0.0346 e. The molecule has 3 atom stereocenters. The molecule has 1 N–H and O–H groups in total. The van der Waals surface area contributed by atoms with Gasteiger partial charge >= 0.3 is 0 Å². The van der Waals surface area contributed by atoms with Crippen LogP contribution in [-0.4, -0.2) is 11.0 Å². The molecule has 2 aromatic rings. The van der Waals surface area contributed by atoms with Gasteiger partial charge in [-0.3, -0.25) is 4.98 Å². The average Bonchev–Trinajstić information content (AvgIpc) is 2.48. The van der Waals surface area contributed by atoms with Gasteiger partial charge in [-0.15, -0.1) is 0 Å². The molecule has 0 amide bonds. The standard InChI is InChI=1S/C18H24N2/c1-13-6-7-17(10-14(13)2)20-12-16-5-3-4-15-11-19-9-8-18(15)16/h3-5,8-9,11,13-14,17,20H,6-7,10,12H2,1-2H3. The Morgan fingerprint density at radius 3 is 2.90 bits per heavy atom. The molecule has 1 aliphatic rings. The minimum atomic E-state index is 0.679. The Balaban J connectivity index is 1.68. The zero-order valence-electron chi connectivity index (χ0n) is 12.5. The molecule has 1 heterocycles. The van der Waals surface area contributed by atoms with Crippen LogP contribution >= 0.6 is 0 Å². The van der Waals surface area contributed by atoms with Gasteiger partial charge in [0.2, 0.25) is 0 Å². The van der Waals surface area contributed by atoms with Gasteiger partial charge in [-0.25, -0.2) is 0 Å². The van der Waals surface area contributed by atoms with E-state index in [9.17, 15) is 0 Å². The molecule has 0 radical (unpaired) electrons. The van der Waals surface area contributed by atoms with Crippen LogP contribution in [0.15, 0.2) is 36.7 Å². The van der Waals surface area contributed by atoms with Crippen LogP contribution in [0.3, 0.4) is 0 Å². The van der Waals surface area contributed by atoms with Gasteiger partial charge in [0.15, 0.2) is 0 Å². The van der Waals surface area contributed by atoms with Crippen LogP contribution in [0.4, 0.5) is 0 Å². The number of hydrogen-bond acceptors (Lipinski definition) is 2. The van der Waals surface area contributed by atoms with Crippen LogP contribution < -0.4 is 5.32 Å². The van der Waals surface area contributed by atoms with E-state index in [-0.39, 0.29) is 0 Å². The minimum absolute atomic E-state index is 0.679. The predicted octanol–water partition coefficient (Wildman–Crippen LogP) is 4.15. The monoisotopic (exact) mass is 268 g/mol. The summed E-state index contributed by atoms with van der Waals surface area (Å²) in [4.78, 5) is 4.20. The van der Waals surface area contributed by atoms with Crippen LogP contribution in [-0.2, 0) is 6.54 Å². The Kier molecular flexibility index (Phi) is 4.02. The van der Waals surface area contributed by atoms with Crippen molar-refractivity contribution in [2.45, 2.75) is 45.7 Å². The molecular weight excluding hydrogens is 244 g/mol. The summed E-state index contributed by atoms with van der Waals surface area (Å²) >= 11 is 0. The second-order valence-electron chi connectivity index (χ2n) is 6.36. The normalized spacial score (nSPS) is 26.8. The van der Waals surface area contributed by atoms with Crippen molar-refractivity contribution in [1.29, 1.82) is 0 Å². The highest BCUT2D eigenvalue weighted by Crippen LogP contribution is 2.29. The van der Waals surface area contributed by atoms with Gasteiger partial charge in [-0.05, 0) is 48.1 Å². The lowest BCUT2D eigenvalue weighted by Gasteiger charge is -2.32. The van der Waals surface area contributed by atoms with E-state index in [1.54, 1.807) is 0 Å². The van der Waals surface area contributed by atoms with Crippen molar-refractivity contribution in [3.05, 3.63) is 42.2 Å². The topological polar surface area (TPSA) is 24.9 Å². The van der Waals surface area contributed by atoms with E-state index in [0.717, 1.165) is 18.4 Å². The van der Waals surface area contributed by atoms with E-state index >= 15 is 0 Å². The summed E-state index contributed by atoms with van der Waals surface area (Å²) in [5.74, 6) is 1.73.